The molecule has 0 unspecified atom stereocenters. The van der Waals surface area contributed by atoms with Crippen molar-refractivity contribution < 1.29 is 0 Å². The quantitative estimate of drug-likeness (QED) is 0.635. The van der Waals surface area contributed by atoms with E-state index in [1.165, 1.54) is 16.7 Å². The maximum Gasteiger partial charge on any atom is -0.0305 e. The highest BCUT2D eigenvalue weighted by Crippen LogP contribution is 2.11. The van der Waals surface area contributed by atoms with Gasteiger partial charge >= 0.3 is 0 Å². The summed E-state index contributed by atoms with van der Waals surface area (Å²) < 4.78 is 0. The Morgan fingerprint density at radius 1 is 1.00 bits per heavy atom. The van der Waals surface area contributed by atoms with E-state index < -0.39 is 0 Å². The van der Waals surface area contributed by atoms with E-state index in [9.17, 15) is 0 Å². The predicted molar refractivity (Wildman–Crippen MR) is 68.0 cm³/mol. The van der Waals surface area contributed by atoms with Crippen LogP contribution < -0.4 is 0 Å². The van der Waals surface area contributed by atoms with Crippen molar-refractivity contribution in [2.75, 3.05) is 0 Å². The number of hydrogen-bond acceptors (Lipinski definition) is 0. The van der Waals surface area contributed by atoms with E-state index >= 15 is 0 Å². The van der Waals surface area contributed by atoms with Gasteiger partial charge in [0.05, 0.1) is 0 Å². The van der Waals surface area contributed by atoms with Crippen molar-refractivity contribution in [2.24, 2.45) is 0 Å². The minimum Gasteiger partial charge on any atom is -0.0776 e. The molecule has 0 heteroatoms. The summed E-state index contributed by atoms with van der Waals surface area (Å²) in [5.41, 5.74) is 4.36. The fourth-order valence-corrected chi connectivity index (χ4v) is 1.33. The van der Waals surface area contributed by atoms with Crippen LogP contribution in [-0.2, 0) is 12.8 Å². The average molecular weight is 194 g/mol. The molecule has 0 aliphatic carbocycles. The van der Waals surface area contributed by atoms with Gasteiger partial charge in [-0.15, -0.1) is 0 Å². The van der Waals surface area contributed by atoms with Crippen molar-refractivity contribution in [3.8, 4) is 0 Å². The van der Waals surface area contributed by atoms with Crippen LogP contribution in [0.15, 0.2) is 18.2 Å². The average Bonchev–Trinajstić information content (AvgIpc) is 2.22. The van der Waals surface area contributed by atoms with Gasteiger partial charge in [-0.3, -0.25) is 0 Å². The Morgan fingerprint density at radius 2 is 1.57 bits per heavy atom. The number of hydrogen-bond donors (Lipinski definition) is 0. The van der Waals surface area contributed by atoms with Crippen LogP contribution in [0.25, 0.3) is 0 Å². The van der Waals surface area contributed by atoms with E-state index in [0.717, 1.165) is 12.8 Å². The first-order valence-corrected chi connectivity index (χ1v) is 5.36. The van der Waals surface area contributed by atoms with Crippen molar-refractivity contribution in [3.63, 3.8) is 0 Å². The van der Waals surface area contributed by atoms with Crippen LogP contribution in [0.1, 0.15) is 51.8 Å². The van der Waals surface area contributed by atoms with Crippen molar-refractivity contribution in [2.45, 2.75) is 54.9 Å². The third-order valence-corrected chi connectivity index (χ3v) is 2.20. The molecule has 0 saturated heterocycles. The van der Waals surface area contributed by atoms with E-state index in [-0.39, 0.29) is 7.43 Å². The zero-order valence-electron chi connectivity index (χ0n) is 9.65. The first-order valence-electron chi connectivity index (χ1n) is 5.36. The molecule has 0 bridgehead atoms. The molecule has 0 radical (unpaired) electrons. The second-order valence-corrected chi connectivity index (χ2v) is 2.97. The van der Waals surface area contributed by atoms with Crippen LogP contribution in [0.5, 0.6) is 0 Å². The maximum atomic E-state index is 2.31. The van der Waals surface area contributed by atoms with Gasteiger partial charge in [0.1, 0.15) is 0 Å². The molecule has 0 spiro atoms. The van der Waals surface area contributed by atoms with Crippen LogP contribution in [-0.4, -0.2) is 0 Å². The summed E-state index contributed by atoms with van der Waals surface area (Å²) in [7, 11) is 0. The molecule has 0 N–H and O–H groups in total. The predicted octanol–water partition coefficient (Wildman–Crippen LogP) is 4.78. The smallest absolute Gasteiger partial charge is 0.0305 e. The van der Waals surface area contributed by atoms with Crippen LogP contribution in [0.3, 0.4) is 0 Å². The molecular formula is C14H26. The lowest BCUT2D eigenvalue weighted by Gasteiger charge is -2.04. The number of benzene rings is 1. The molecule has 0 aliphatic rings. The Labute approximate surface area is 90.4 Å². The first kappa shape index (κ1) is 15.7. The summed E-state index contributed by atoms with van der Waals surface area (Å²) in [5, 5.41) is 0. The second-order valence-electron chi connectivity index (χ2n) is 2.97. The van der Waals surface area contributed by atoms with E-state index in [2.05, 4.69) is 39.0 Å². The summed E-state index contributed by atoms with van der Waals surface area (Å²) in [6.07, 6.45) is 2.30. The molecule has 1 rings (SSSR count). The summed E-state index contributed by atoms with van der Waals surface area (Å²) in [4.78, 5) is 0. The molecule has 1 aromatic rings. The SMILES string of the molecule is C.CC.CCc1ccc(C)c(CC)c1. The zero-order chi connectivity index (χ0) is 10.3. The molecule has 1 aromatic carbocycles. The van der Waals surface area contributed by atoms with Gasteiger partial charge in [-0.05, 0) is 36.5 Å². The van der Waals surface area contributed by atoms with Gasteiger partial charge in [-0.1, -0.05) is 53.3 Å². The zero-order valence-corrected chi connectivity index (χ0v) is 9.65. The van der Waals surface area contributed by atoms with Crippen molar-refractivity contribution >= 4 is 0 Å². The summed E-state index contributed by atoms with van der Waals surface area (Å²) in [6.45, 7) is 10.6. The fourth-order valence-electron chi connectivity index (χ4n) is 1.33. The molecule has 0 aliphatic heterocycles. The normalized spacial score (nSPS) is 8.36. The highest BCUT2D eigenvalue weighted by Gasteiger charge is 1.95. The summed E-state index contributed by atoms with van der Waals surface area (Å²) in [6, 6.07) is 6.75. The Hall–Kier alpha value is -0.780. The van der Waals surface area contributed by atoms with Crippen molar-refractivity contribution in [1.82, 2.24) is 0 Å². The van der Waals surface area contributed by atoms with Gasteiger partial charge < -0.3 is 0 Å². The van der Waals surface area contributed by atoms with Gasteiger partial charge in [-0.25, -0.2) is 0 Å². The van der Waals surface area contributed by atoms with Gasteiger partial charge in [0.2, 0.25) is 0 Å². The Bertz CT molecular complexity index is 236. The van der Waals surface area contributed by atoms with Crippen LogP contribution >= 0.6 is 0 Å². The molecule has 0 aromatic heterocycles. The van der Waals surface area contributed by atoms with Crippen LogP contribution in [0.2, 0.25) is 0 Å². The van der Waals surface area contributed by atoms with E-state index in [0.29, 0.717) is 0 Å². The van der Waals surface area contributed by atoms with E-state index in [1.807, 2.05) is 13.8 Å². The van der Waals surface area contributed by atoms with E-state index in [1.54, 1.807) is 0 Å². The molecular weight excluding hydrogens is 168 g/mol. The fraction of sp³-hybridized carbons (Fsp3) is 0.571. The minimum atomic E-state index is 0. The molecule has 0 nitrogen and oxygen atoms in total. The topological polar surface area (TPSA) is 0 Å². The lowest BCUT2D eigenvalue weighted by atomic mass is 10.0. The standard InChI is InChI=1S/C11H16.C2H6.CH4/c1-4-10-7-6-9(3)11(5-2)8-10;1-2;/h6-8H,4-5H2,1-3H3;1-2H3;1H4. The highest BCUT2D eigenvalue weighted by molar-refractivity contribution is 5.30. The molecule has 14 heavy (non-hydrogen) atoms. The molecule has 0 fully saturated rings. The van der Waals surface area contributed by atoms with Gasteiger partial charge in [-0.2, -0.15) is 0 Å². The summed E-state index contributed by atoms with van der Waals surface area (Å²) in [5.74, 6) is 0. The second kappa shape index (κ2) is 8.80. The van der Waals surface area contributed by atoms with Crippen LogP contribution in [0, 0.1) is 6.92 Å². The molecule has 0 heterocycles. The van der Waals surface area contributed by atoms with E-state index in [4.69, 9.17) is 0 Å². The lowest BCUT2D eigenvalue weighted by molar-refractivity contribution is 1.07. The first-order chi connectivity index (χ1) is 6.27. The lowest BCUT2D eigenvalue weighted by Crippen LogP contribution is -1.88. The third-order valence-electron chi connectivity index (χ3n) is 2.20. The number of rotatable bonds is 2. The van der Waals surface area contributed by atoms with Gasteiger partial charge in [0, 0.05) is 0 Å². The van der Waals surface area contributed by atoms with Crippen molar-refractivity contribution in [3.05, 3.63) is 34.9 Å². The molecule has 0 atom stereocenters. The largest absolute Gasteiger partial charge is 0.0776 e. The summed E-state index contributed by atoms with van der Waals surface area (Å²) >= 11 is 0. The van der Waals surface area contributed by atoms with Gasteiger partial charge in [0.15, 0.2) is 0 Å². The molecule has 0 saturated carbocycles. The maximum absolute atomic E-state index is 2.31. The minimum absolute atomic E-state index is 0. The van der Waals surface area contributed by atoms with Crippen molar-refractivity contribution in [1.29, 1.82) is 0 Å². The Kier molecular flexibility index (Phi) is 9.86. The Balaban J connectivity index is 0. The molecule has 82 valence electrons. The monoisotopic (exact) mass is 194 g/mol. The third kappa shape index (κ3) is 4.45. The van der Waals surface area contributed by atoms with Crippen LogP contribution in [0.4, 0.5) is 0 Å². The van der Waals surface area contributed by atoms with Gasteiger partial charge in [0.25, 0.3) is 0 Å². The number of aryl methyl sites for hydroxylation is 3. The highest BCUT2D eigenvalue weighted by atomic mass is 14.0. The Morgan fingerprint density at radius 3 is 2.00 bits per heavy atom. The molecule has 0 amide bonds.